The maximum atomic E-state index is 13.4. The quantitative estimate of drug-likeness (QED) is 0.851. The Morgan fingerprint density at radius 1 is 1.44 bits per heavy atom. The fraction of sp³-hybridized carbons (Fsp3) is 0.500. The van der Waals surface area contributed by atoms with Crippen molar-refractivity contribution < 1.29 is 13.9 Å². The lowest BCUT2D eigenvalue weighted by Gasteiger charge is -2.20. The molecule has 0 radical (unpaired) electrons. The van der Waals surface area contributed by atoms with Gasteiger partial charge in [0, 0.05) is 18.2 Å². The standard InChI is InChI=1S/C12H15F2NO/c1-15(8-5-6-8)7-11(16)9-3-2-4-10(13)12(9)14/h2-4,8,11,16H,5-7H2,1H3. The van der Waals surface area contributed by atoms with Gasteiger partial charge in [0.15, 0.2) is 11.6 Å². The predicted molar refractivity (Wildman–Crippen MR) is 57.0 cm³/mol. The summed E-state index contributed by atoms with van der Waals surface area (Å²) in [5.41, 5.74) is 0.0347. The van der Waals surface area contributed by atoms with Crippen molar-refractivity contribution >= 4 is 0 Å². The van der Waals surface area contributed by atoms with Crippen molar-refractivity contribution in [3.8, 4) is 0 Å². The second-order valence-corrected chi connectivity index (χ2v) is 4.33. The largest absolute Gasteiger partial charge is 0.387 e. The molecule has 1 aliphatic rings. The summed E-state index contributed by atoms with van der Waals surface area (Å²) in [6, 6.07) is 4.37. The minimum Gasteiger partial charge on any atom is -0.387 e. The first kappa shape index (κ1) is 11.5. The average molecular weight is 227 g/mol. The summed E-state index contributed by atoms with van der Waals surface area (Å²) in [5, 5.41) is 9.82. The molecule has 0 heterocycles. The Bertz CT molecular complexity index is 379. The SMILES string of the molecule is CN(CC(O)c1cccc(F)c1F)C1CC1. The molecular weight excluding hydrogens is 212 g/mol. The molecule has 1 aliphatic carbocycles. The number of hydrogen-bond acceptors (Lipinski definition) is 2. The molecule has 1 atom stereocenters. The van der Waals surface area contributed by atoms with Gasteiger partial charge < -0.3 is 10.0 Å². The van der Waals surface area contributed by atoms with Gasteiger partial charge in [-0.15, -0.1) is 0 Å². The van der Waals surface area contributed by atoms with E-state index < -0.39 is 17.7 Å². The molecule has 2 nitrogen and oxygen atoms in total. The molecule has 0 aromatic heterocycles. The van der Waals surface area contributed by atoms with E-state index in [9.17, 15) is 13.9 Å². The minimum atomic E-state index is -0.971. The Morgan fingerprint density at radius 3 is 2.75 bits per heavy atom. The van der Waals surface area contributed by atoms with E-state index >= 15 is 0 Å². The molecule has 0 spiro atoms. The van der Waals surface area contributed by atoms with Gasteiger partial charge in [0.05, 0.1) is 6.10 Å². The molecule has 1 unspecified atom stereocenters. The highest BCUT2D eigenvalue weighted by atomic mass is 19.2. The summed E-state index contributed by atoms with van der Waals surface area (Å²) >= 11 is 0. The van der Waals surface area contributed by atoms with Crippen LogP contribution in [0.5, 0.6) is 0 Å². The minimum absolute atomic E-state index is 0.0347. The number of hydrogen-bond donors (Lipinski definition) is 1. The van der Waals surface area contributed by atoms with Crippen LogP contribution in [0.1, 0.15) is 24.5 Å². The van der Waals surface area contributed by atoms with Gasteiger partial charge in [-0.05, 0) is 26.0 Å². The van der Waals surface area contributed by atoms with Gasteiger partial charge in [0.25, 0.3) is 0 Å². The Labute approximate surface area is 93.5 Å². The number of halogens is 2. The summed E-state index contributed by atoms with van der Waals surface area (Å²) in [6.45, 7) is 0.338. The van der Waals surface area contributed by atoms with Crippen molar-refractivity contribution in [2.45, 2.75) is 25.0 Å². The zero-order valence-electron chi connectivity index (χ0n) is 9.16. The molecule has 1 fully saturated rings. The van der Waals surface area contributed by atoms with E-state index in [0.717, 1.165) is 18.9 Å². The van der Waals surface area contributed by atoms with Crippen molar-refractivity contribution in [2.24, 2.45) is 0 Å². The Balaban J connectivity index is 2.07. The van der Waals surface area contributed by atoms with Crippen LogP contribution in [0.4, 0.5) is 8.78 Å². The third-order valence-corrected chi connectivity index (χ3v) is 2.97. The number of likely N-dealkylation sites (N-methyl/N-ethyl adjacent to an activating group) is 1. The van der Waals surface area contributed by atoms with Crippen molar-refractivity contribution in [1.29, 1.82) is 0 Å². The highest BCUT2D eigenvalue weighted by molar-refractivity contribution is 5.21. The molecule has 1 aromatic rings. The first-order valence-electron chi connectivity index (χ1n) is 5.42. The lowest BCUT2D eigenvalue weighted by atomic mass is 10.1. The highest BCUT2D eigenvalue weighted by Crippen LogP contribution is 2.28. The Hall–Kier alpha value is -1.00. The normalized spacial score (nSPS) is 17.8. The van der Waals surface area contributed by atoms with E-state index in [1.165, 1.54) is 12.1 Å². The smallest absolute Gasteiger partial charge is 0.164 e. The van der Waals surface area contributed by atoms with Crippen LogP contribution in [-0.4, -0.2) is 29.6 Å². The maximum Gasteiger partial charge on any atom is 0.164 e. The first-order chi connectivity index (χ1) is 7.59. The van der Waals surface area contributed by atoms with Crippen LogP contribution in [-0.2, 0) is 0 Å². The molecule has 88 valence electrons. The zero-order chi connectivity index (χ0) is 11.7. The van der Waals surface area contributed by atoms with Gasteiger partial charge in [-0.1, -0.05) is 12.1 Å². The number of nitrogens with zero attached hydrogens (tertiary/aromatic N) is 1. The van der Waals surface area contributed by atoms with Gasteiger partial charge in [-0.25, -0.2) is 8.78 Å². The molecule has 0 amide bonds. The van der Waals surface area contributed by atoms with Crippen LogP contribution < -0.4 is 0 Å². The van der Waals surface area contributed by atoms with Crippen molar-refractivity contribution in [3.05, 3.63) is 35.4 Å². The van der Waals surface area contributed by atoms with E-state index in [0.29, 0.717) is 12.6 Å². The second kappa shape index (κ2) is 4.47. The summed E-state index contributed by atoms with van der Waals surface area (Å²) in [7, 11) is 1.89. The fourth-order valence-electron chi connectivity index (χ4n) is 1.81. The molecule has 4 heteroatoms. The number of aliphatic hydroxyl groups excluding tert-OH is 1. The molecule has 1 saturated carbocycles. The van der Waals surface area contributed by atoms with Gasteiger partial charge in [-0.3, -0.25) is 0 Å². The van der Waals surface area contributed by atoms with E-state index in [4.69, 9.17) is 0 Å². The van der Waals surface area contributed by atoms with E-state index in [1.807, 2.05) is 11.9 Å². The molecular formula is C12H15F2NO. The number of benzene rings is 1. The van der Waals surface area contributed by atoms with Gasteiger partial charge >= 0.3 is 0 Å². The van der Waals surface area contributed by atoms with Gasteiger partial charge in [-0.2, -0.15) is 0 Å². The second-order valence-electron chi connectivity index (χ2n) is 4.33. The van der Waals surface area contributed by atoms with Crippen molar-refractivity contribution in [2.75, 3.05) is 13.6 Å². The van der Waals surface area contributed by atoms with Crippen molar-refractivity contribution in [3.63, 3.8) is 0 Å². The average Bonchev–Trinajstić information content (AvgIpc) is 3.05. The van der Waals surface area contributed by atoms with Crippen LogP contribution in [0.3, 0.4) is 0 Å². The predicted octanol–water partition coefficient (Wildman–Crippen LogP) is 2.09. The molecule has 2 rings (SSSR count). The van der Waals surface area contributed by atoms with E-state index in [1.54, 1.807) is 0 Å². The van der Waals surface area contributed by atoms with Crippen LogP contribution in [0.2, 0.25) is 0 Å². The van der Waals surface area contributed by atoms with Gasteiger partial charge in [0.2, 0.25) is 0 Å². The van der Waals surface area contributed by atoms with Crippen LogP contribution in [0.15, 0.2) is 18.2 Å². The third-order valence-electron chi connectivity index (χ3n) is 2.97. The van der Waals surface area contributed by atoms with E-state index in [-0.39, 0.29) is 5.56 Å². The molecule has 0 aliphatic heterocycles. The van der Waals surface area contributed by atoms with Gasteiger partial charge in [0.1, 0.15) is 0 Å². The lowest BCUT2D eigenvalue weighted by Crippen LogP contribution is -2.27. The monoisotopic (exact) mass is 227 g/mol. The topological polar surface area (TPSA) is 23.5 Å². The van der Waals surface area contributed by atoms with Crippen molar-refractivity contribution in [1.82, 2.24) is 4.90 Å². The molecule has 1 N–H and O–H groups in total. The number of rotatable bonds is 4. The zero-order valence-corrected chi connectivity index (χ0v) is 9.16. The molecule has 0 bridgehead atoms. The molecule has 1 aromatic carbocycles. The molecule has 16 heavy (non-hydrogen) atoms. The Morgan fingerprint density at radius 2 is 2.12 bits per heavy atom. The summed E-state index contributed by atoms with van der Waals surface area (Å²) in [6.07, 6.45) is 1.27. The summed E-state index contributed by atoms with van der Waals surface area (Å²) < 4.78 is 26.3. The van der Waals surface area contributed by atoms with E-state index in [2.05, 4.69) is 0 Å². The van der Waals surface area contributed by atoms with Crippen LogP contribution in [0.25, 0.3) is 0 Å². The fourth-order valence-corrected chi connectivity index (χ4v) is 1.81. The first-order valence-corrected chi connectivity index (χ1v) is 5.42. The lowest BCUT2D eigenvalue weighted by molar-refractivity contribution is 0.119. The van der Waals surface area contributed by atoms with Crippen LogP contribution >= 0.6 is 0 Å². The number of aliphatic hydroxyl groups is 1. The summed E-state index contributed by atoms with van der Waals surface area (Å²) in [4.78, 5) is 1.98. The van der Waals surface area contributed by atoms with Crippen LogP contribution in [0, 0.1) is 11.6 Å². The Kier molecular flexibility index (Phi) is 3.21. The summed E-state index contributed by atoms with van der Waals surface area (Å²) in [5.74, 6) is -1.86. The maximum absolute atomic E-state index is 13.4. The molecule has 0 saturated heterocycles. The third kappa shape index (κ3) is 2.39. The highest BCUT2D eigenvalue weighted by Gasteiger charge is 2.28.